The molecule has 0 fully saturated rings. The summed E-state index contributed by atoms with van der Waals surface area (Å²) in [6, 6.07) is 7.11. The number of hydrogen-bond acceptors (Lipinski definition) is 5. The summed E-state index contributed by atoms with van der Waals surface area (Å²) in [5, 5.41) is 11.8. The zero-order valence-corrected chi connectivity index (χ0v) is 15.9. The van der Waals surface area contributed by atoms with Crippen LogP contribution in [0.1, 0.15) is 39.5 Å². The minimum absolute atomic E-state index is 0.0607. The second-order valence-electron chi connectivity index (χ2n) is 5.85. The predicted octanol–water partition coefficient (Wildman–Crippen LogP) is 3.18. The van der Waals surface area contributed by atoms with Crippen molar-refractivity contribution in [3.63, 3.8) is 0 Å². The molecule has 0 heterocycles. The number of nitriles is 1. The Kier molecular flexibility index (Phi) is 8.82. The third-order valence-electron chi connectivity index (χ3n) is 3.66. The molecule has 26 heavy (non-hydrogen) atoms. The minimum Gasteiger partial charge on any atom is -0.376 e. The molecule has 0 saturated carbocycles. The fourth-order valence-electron chi connectivity index (χ4n) is 2.22. The quantitative estimate of drug-likeness (QED) is 0.367. The van der Waals surface area contributed by atoms with E-state index in [1.165, 1.54) is 18.2 Å². The van der Waals surface area contributed by atoms with Gasteiger partial charge in [0, 0.05) is 25.0 Å². The van der Waals surface area contributed by atoms with Gasteiger partial charge < -0.3 is 10.2 Å². The molecule has 1 aromatic carbocycles. The number of anilines is 1. The Morgan fingerprint density at radius 1 is 1.27 bits per heavy atom. The second kappa shape index (κ2) is 10.6. The van der Waals surface area contributed by atoms with Crippen molar-refractivity contribution < 1.29 is 17.8 Å². The van der Waals surface area contributed by atoms with Gasteiger partial charge in [-0.15, -0.1) is 0 Å². The summed E-state index contributed by atoms with van der Waals surface area (Å²) in [6.45, 7) is 5.66. The molecule has 1 rings (SSSR count). The fourth-order valence-corrected chi connectivity index (χ4v) is 2.74. The Morgan fingerprint density at radius 2 is 1.88 bits per heavy atom. The molecule has 0 aliphatic carbocycles. The molecule has 0 radical (unpaired) electrons. The SMILES string of the molecule is CCCCN(/C=C(/C#N)C(=O)Nc1cccc(S(=O)(=O)O)c1)CCCC. The van der Waals surface area contributed by atoms with Gasteiger partial charge in [0.15, 0.2) is 0 Å². The van der Waals surface area contributed by atoms with Gasteiger partial charge in [0.2, 0.25) is 0 Å². The summed E-state index contributed by atoms with van der Waals surface area (Å²) in [5.41, 5.74) is 0.120. The lowest BCUT2D eigenvalue weighted by atomic mass is 10.2. The normalized spacial score (nSPS) is 11.7. The number of rotatable bonds is 10. The number of carbonyl (C=O) groups excluding carboxylic acids is 1. The molecule has 0 unspecified atom stereocenters. The highest BCUT2D eigenvalue weighted by Crippen LogP contribution is 2.16. The van der Waals surface area contributed by atoms with E-state index in [-0.39, 0.29) is 16.2 Å². The van der Waals surface area contributed by atoms with Crippen molar-refractivity contribution in [3.05, 3.63) is 36.0 Å². The Labute approximate surface area is 155 Å². The fraction of sp³-hybridized carbons (Fsp3) is 0.444. The smallest absolute Gasteiger partial charge is 0.294 e. The second-order valence-corrected chi connectivity index (χ2v) is 7.28. The number of unbranched alkanes of at least 4 members (excludes halogenated alkanes) is 2. The largest absolute Gasteiger partial charge is 0.376 e. The van der Waals surface area contributed by atoms with E-state index < -0.39 is 16.0 Å². The molecular formula is C18H25N3O4S. The summed E-state index contributed by atoms with van der Waals surface area (Å²) >= 11 is 0. The van der Waals surface area contributed by atoms with Gasteiger partial charge in [-0.1, -0.05) is 32.8 Å². The average molecular weight is 379 g/mol. The van der Waals surface area contributed by atoms with Crippen LogP contribution in [-0.4, -0.2) is 36.9 Å². The number of hydrogen-bond donors (Lipinski definition) is 2. The molecule has 0 aliphatic heterocycles. The summed E-state index contributed by atoms with van der Waals surface area (Å²) in [6.07, 6.45) is 5.47. The van der Waals surface area contributed by atoms with Gasteiger partial charge in [0.1, 0.15) is 11.6 Å². The van der Waals surface area contributed by atoms with Gasteiger partial charge >= 0.3 is 0 Å². The van der Waals surface area contributed by atoms with Crippen molar-refractivity contribution in [2.24, 2.45) is 0 Å². The highest BCUT2D eigenvalue weighted by atomic mass is 32.2. The van der Waals surface area contributed by atoms with Crippen LogP contribution in [-0.2, 0) is 14.9 Å². The number of nitrogens with one attached hydrogen (secondary N) is 1. The molecule has 142 valence electrons. The molecule has 0 aromatic heterocycles. The number of nitrogens with zero attached hydrogens (tertiary/aromatic N) is 2. The van der Waals surface area contributed by atoms with Crippen LogP contribution < -0.4 is 5.32 Å². The molecule has 1 amide bonds. The first-order chi connectivity index (χ1) is 12.3. The van der Waals surface area contributed by atoms with Gasteiger partial charge in [-0.3, -0.25) is 9.35 Å². The molecular weight excluding hydrogens is 354 g/mol. The van der Waals surface area contributed by atoms with E-state index in [2.05, 4.69) is 19.2 Å². The minimum atomic E-state index is -4.37. The lowest BCUT2D eigenvalue weighted by molar-refractivity contribution is -0.112. The maximum atomic E-state index is 12.3. The third-order valence-corrected chi connectivity index (χ3v) is 4.51. The maximum absolute atomic E-state index is 12.3. The van der Waals surface area contributed by atoms with Crippen LogP contribution in [0.4, 0.5) is 5.69 Å². The molecule has 7 nitrogen and oxygen atoms in total. The first-order valence-electron chi connectivity index (χ1n) is 8.56. The molecule has 2 N–H and O–H groups in total. The standard InChI is InChI=1S/C18H25N3O4S/c1-3-5-10-21(11-6-4-2)14-15(13-19)18(22)20-16-8-7-9-17(12-16)26(23,24)25/h7-9,12,14H,3-6,10-11H2,1-2H3,(H,20,22)(H,23,24,25)/b15-14-. The Morgan fingerprint density at radius 3 is 2.38 bits per heavy atom. The van der Waals surface area contributed by atoms with Crippen LogP contribution in [0.15, 0.2) is 40.9 Å². The lowest BCUT2D eigenvalue weighted by Gasteiger charge is -2.20. The van der Waals surface area contributed by atoms with Crippen LogP contribution in [0.5, 0.6) is 0 Å². The van der Waals surface area contributed by atoms with Crippen LogP contribution in [0.25, 0.3) is 0 Å². The molecule has 0 bridgehead atoms. The molecule has 0 spiro atoms. The van der Waals surface area contributed by atoms with Crippen molar-refractivity contribution in [2.75, 3.05) is 18.4 Å². The number of amides is 1. The predicted molar refractivity (Wildman–Crippen MR) is 100.0 cm³/mol. The first kappa shape index (κ1) is 21.7. The molecule has 8 heteroatoms. The monoisotopic (exact) mass is 379 g/mol. The number of benzene rings is 1. The van der Waals surface area contributed by atoms with Gasteiger partial charge in [0.25, 0.3) is 16.0 Å². The van der Waals surface area contributed by atoms with Gasteiger partial charge in [0.05, 0.1) is 4.90 Å². The van der Waals surface area contributed by atoms with E-state index in [4.69, 9.17) is 4.55 Å². The molecule has 1 aromatic rings. The Balaban J connectivity index is 2.95. The summed E-state index contributed by atoms with van der Waals surface area (Å²) in [7, 11) is -4.37. The zero-order valence-electron chi connectivity index (χ0n) is 15.1. The topological polar surface area (TPSA) is 111 Å². The van der Waals surface area contributed by atoms with E-state index in [0.29, 0.717) is 0 Å². The lowest BCUT2D eigenvalue weighted by Crippen LogP contribution is -2.23. The van der Waals surface area contributed by atoms with Crippen LogP contribution >= 0.6 is 0 Å². The van der Waals surface area contributed by atoms with Crippen LogP contribution in [0.3, 0.4) is 0 Å². The van der Waals surface area contributed by atoms with Crippen molar-refractivity contribution in [1.29, 1.82) is 5.26 Å². The molecule has 0 atom stereocenters. The van der Waals surface area contributed by atoms with Crippen LogP contribution in [0, 0.1) is 11.3 Å². The van der Waals surface area contributed by atoms with Crippen molar-refractivity contribution in [3.8, 4) is 6.07 Å². The van der Waals surface area contributed by atoms with E-state index in [1.54, 1.807) is 6.20 Å². The van der Waals surface area contributed by atoms with Crippen molar-refractivity contribution >= 4 is 21.7 Å². The Bertz CT molecular complexity index is 774. The van der Waals surface area contributed by atoms with Crippen molar-refractivity contribution in [2.45, 2.75) is 44.4 Å². The highest BCUT2D eigenvalue weighted by Gasteiger charge is 2.14. The van der Waals surface area contributed by atoms with Gasteiger partial charge in [-0.25, -0.2) is 0 Å². The van der Waals surface area contributed by atoms with Crippen molar-refractivity contribution in [1.82, 2.24) is 4.90 Å². The van der Waals surface area contributed by atoms with Gasteiger partial charge in [-0.2, -0.15) is 13.7 Å². The summed E-state index contributed by atoms with van der Waals surface area (Å²) in [4.78, 5) is 14.0. The zero-order chi connectivity index (χ0) is 19.6. The Hall–Kier alpha value is -2.37. The molecule has 0 aliphatic rings. The highest BCUT2D eigenvalue weighted by molar-refractivity contribution is 7.85. The summed E-state index contributed by atoms with van der Waals surface area (Å²) in [5.74, 6) is -0.627. The van der Waals surface area contributed by atoms with E-state index in [1.807, 2.05) is 11.0 Å². The van der Waals surface area contributed by atoms with E-state index >= 15 is 0 Å². The van der Waals surface area contributed by atoms with Crippen LogP contribution in [0.2, 0.25) is 0 Å². The average Bonchev–Trinajstić information content (AvgIpc) is 2.60. The number of carbonyl (C=O) groups is 1. The van der Waals surface area contributed by atoms with E-state index in [9.17, 15) is 18.5 Å². The molecule has 0 saturated heterocycles. The third kappa shape index (κ3) is 7.25. The maximum Gasteiger partial charge on any atom is 0.294 e. The van der Waals surface area contributed by atoms with Gasteiger partial charge in [-0.05, 0) is 31.0 Å². The first-order valence-corrected chi connectivity index (χ1v) is 10.0. The van der Waals surface area contributed by atoms with E-state index in [0.717, 1.165) is 44.8 Å². The summed E-state index contributed by atoms with van der Waals surface area (Å²) < 4.78 is 31.4.